The molecule has 0 aliphatic rings. The Balaban J connectivity index is 2.12. The van der Waals surface area contributed by atoms with Crippen LogP contribution in [-0.2, 0) is 0 Å². The first-order chi connectivity index (χ1) is 13.3. The molecule has 0 saturated carbocycles. The monoisotopic (exact) mass is 441 g/mol. The van der Waals surface area contributed by atoms with E-state index in [9.17, 15) is 14.0 Å². The van der Waals surface area contributed by atoms with Crippen molar-refractivity contribution in [2.45, 2.75) is 0 Å². The van der Waals surface area contributed by atoms with Gasteiger partial charge < -0.3 is 4.74 Å². The number of halogens is 5. The molecule has 0 radical (unpaired) electrons. The summed E-state index contributed by atoms with van der Waals surface area (Å²) in [5, 5.41) is -1.92. The molecule has 4 nitrogen and oxygen atoms in total. The highest BCUT2D eigenvalue weighted by molar-refractivity contribution is 6.68. The van der Waals surface area contributed by atoms with Crippen LogP contribution in [0.15, 0.2) is 48.5 Å². The minimum absolute atomic E-state index is 0.211. The van der Waals surface area contributed by atoms with Gasteiger partial charge in [-0.3, -0.25) is 9.59 Å². The normalized spacial score (nSPS) is 10.6. The molecule has 1 heterocycles. The molecule has 0 aliphatic carbocycles. The summed E-state index contributed by atoms with van der Waals surface area (Å²) in [6.45, 7) is 0. The van der Waals surface area contributed by atoms with Crippen molar-refractivity contribution in [3.63, 3.8) is 0 Å². The zero-order valence-corrected chi connectivity index (χ0v) is 15.9. The minimum Gasteiger partial charge on any atom is -0.453 e. The van der Waals surface area contributed by atoms with Crippen molar-refractivity contribution in [2.75, 3.05) is 0 Å². The molecule has 28 heavy (non-hydrogen) atoms. The Bertz CT molecular complexity index is 1090. The third-order valence-electron chi connectivity index (χ3n) is 3.65. The molecule has 0 fully saturated rings. The van der Waals surface area contributed by atoms with Gasteiger partial charge in [0.2, 0.25) is 0 Å². The molecule has 3 rings (SSSR count). The number of hydrogen-bond donors (Lipinski definition) is 0. The maximum atomic E-state index is 15.1. The van der Waals surface area contributed by atoms with E-state index in [1.807, 2.05) is 0 Å². The Hall–Kier alpha value is -2.54. The Morgan fingerprint density at radius 1 is 0.893 bits per heavy atom. The number of benzene rings is 2. The molecule has 9 heteroatoms. The molecular weight excluding hydrogens is 435 g/mol. The first-order valence-electron chi connectivity index (χ1n) is 7.61. The zero-order chi connectivity index (χ0) is 20.4. The van der Waals surface area contributed by atoms with Crippen LogP contribution in [0.25, 0.3) is 0 Å². The van der Waals surface area contributed by atoms with Gasteiger partial charge in [-0.25, -0.2) is 13.8 Å². The summed E-state index contributed by atoms with van der Waals surface area (Å²) >= 11 is 16.8. The van der Waals surface area contributed by atoms with Gasteiger partial charge in [0.05, 0.1) is 16.7 Å². The van der Waals surface area contributed by atoms with Crippen molar-refractivity contribution in [3.05, 3.63) is 87.2 Å². The highest BCUT2D eigenvalue weighted by atomic mass is 35.5. The van der Waals surface area contributed by atoms with E-state index < -0.39 is 49.8 Å². The molecule has 142 valence electrons. The Labute approximate surface area is 172 Å². The zero-order valence-electron chi connectivity index (χ0n) is 13.7. The molecule has 3 aromatic rings. The minimum atomic E-state index is -1.16. The number of pyridine rings is 1. The Kier molecular flexibility index (Phi) is 5.93. The van der Waals surface area contributed by atoms with Crippen LogP contribution in [0.3, 0.4) is 0 Å². The van der Waals surface area contributed by atoms with Crippen LogP contribution in [0.1, 0.15) is 26.3 Å². The summed E-state index contributed by atoms with van der Waals surface area (Å²) in [5.41, 5.74) is -1.21. The van der Waals surface area contributed by atoms with Crippen molar-refractivity contribution < 1.29 is 23.1 Å². The lowest BCUT2D eigenvalue weighted by molar-refractivity contribution is 0.103. The lowest BCUT2D eigenvalue weighted by Gasteiger charge is -2.13. The van der Waals surface area contributed by atoms with Gasteiger partial charge in [0.25, 0.3) is 5.24 Å². The summed E-state index contributed by atoms with van der Waals surface area (Å²) in [6, 6.07) is 10.9. The quantitative estimate of drug-likeness (QED) is 0.273. The largest absolute Gasteiger partial charge is 0.453 e. The Morgan fingerprint density at radius 3 is 2.18 bits per heavy atom. The standard InChI is InChI=1S/C19H8Cl3F2NO3/c20-17-12(8-13(23)18(21)25-17)15(26)10-6-7-11(19(22)27)16(14(10)24)28-9-4-2-1-3-5-9/h1-8H. The number of carbonyl (C=O) groups is 2. The van der Waals surface area contributed by atoms with Crippen molar-refractivity contribution in [2.24, 2.45) is 0 Å². The SMILES string of the molecule is O=C(c1cc(F)c(Cl)nc1Cl)c1ccc(C(=O)Cl)c(Oc2ccccc2)c1F. The highest BCUT2D eigenvalue weighted by Gasteiger charge is 2.26. The second-order valence-electron chi connectivity index (χ2n) is 5.42. The van der Waals surface area contributed by atoms with E-state index in [2.05, 4.69) is 4.98 Å². The van der Waals surface area contributed by atoms with E-state index in [-0.39, 0.29) is 11.3 Å². The molecule has 0 spiro atoms. The molecule has 0 unspecified atom stereocenters. The maximum absolute atomic E-state index is 15.1. The third kappa shape index (κ3) is 3.99. The van der Waals surface area contributed by atoms with Crippen LogP contribution in [0.5, 0.6) is 11.5 Å². The number of ether oxygens (including phenoxy) is 1. The smallest absolute Gasteiger partial charge is 0.256 e. The van der Waals surface area contributed by atoms with Crippen LogP contribution < -0.4 is 4.74 Å². The fourth-order valence-electron chi connectivity index (χ4n) is 2.34. The van der Waals surface area contributed by atoms with Gasteiger partial charge in [0, 0.05) is 0 Å². The van der Waals surface area contributed by atoms with Crippen molar-refractivity contribution >= 4 is 45.8 Å². The lowest BCUT2D eigenvalue weighted by Crippen LogP contribution is -2.10. The van der Waals surface area contributed by atoms with E-state index in [0.717, 1.165) is 18.2 Å². The number of rotatable bonds is 5. The fraction of sp³-hybridized carbons (Fsp3) is 0. The molecular formula is C19H8Cl3F2NO3. The van der Waals surface area contributed by atoms with Crippen LogP contribution in [-0.4, -0.2) is 16.0 Å². The van der Waals surface area contributed by atoms with Crippen LogP contribution in [0, 0.1) is 11.6 Å². The van der Waals surface area contributed by atoms with Gasteiger partial charge in [-0.15, -0.1) is 0 Å². The molecule has 0 atom stereocenters. The summed E-state index contributed by atoms with van der Waals surface area (Å²) in [4.78, 5) is 27.8. The first-order valence-corrected chi connectivity index (χ1v) is 8.74. The fourth-order valence-corrected chi connectivity index (χ4v) is 2.90. The summed E-state index contributed by atoms with van der Waals surface area (Å²) in [5.74, 6) is -3.47. The predicted octanol–water partition coefficient (Wildman–Crippen LogP) is 6.07. The van der Waals surface area contributed by atoms with Crippen LogP contribution >= 0.6 is 34.8 Å². The molecule has 1 aromatic heterocycles. The van der Waals surface area contributed by atoms with Gasteiger partial charge >= 0.3 is 0 Å². The number of hydrogen-bond acceptors (Lipinski definition) is 4. The van der Waals surface area contributed by atoms with Gasteiger partial charge in [-0.1, -0.05) is 41.4 Å². The molecule has 0 N–H and O–H groups in total. The topological polar surface area (TPSA) is 56.3 Å². The van der Waals surface area contributed by atoms with Crippen LogP contribution in [0.2, 0.25) is 10.3 Å². The van der Waals surface area contributed by atoms with Crippen LogP contribution in [0.4, 0.5) is 8.78 Å². The second-order valence-corrected chi connectivity index (χ2v) is 6.48. The van der Waals surface area contributed by atoms with Gasteiger partial charge in [0.1, 0.15) is 10.9 Å². The lowest BCUT2D eigenvalue weighted by atomic mass is 10.0. The van der Waals surface area contributed by atoms with Crippen molar-refractivity contribution in [1.29, 1.82) is 0 Å². The molecule has 0 saturated heterocycles. The number of para-hydroxylation sites is 1. The van der Waals surface area contributed by atoms with Gasteiger partial charge in [0.15, 0.2) is 28.3 Å². The van der Waals surface area contributed by atoms with E-state index in [1.54, 1.807) is 18.2 Å². The van der Waals surface area contributed by atoms with Gasteiger partial charge in [-0.05, 0) is 41.9 Å². The molecule has 0 bridgehead atoms. The average molecular weight is 443 g/mol. The number of ketones is 1. The van der Waals surface area contributed by atoms with Crippen molar-refractivity contribution in [3.8, 4) is 11.5 Å². The maximum Gasteiger partial charge on any atom is 0.256 e. The first kappa shape index (κ1) is 20.2. The Morgan fingerprint density at radius 2 is 1.54 bits per heavy atom. The molecule has 0 aliphatic heterocycles. The second kappa shape index (κ2) is 8.22. The summed E-state index contributed by atoms with van der Waals surface area (Å²) < 4.78 is 34.2. The summed E-state index contributed by atoms with van der Waals surface area (Å²) in [6.07, 6.45) is 0. The molecule has 0 amide bonds. The average Bonchev–Trinajstić information content (AvgIpc) is 2.66. The number of aromatic nitrogens is 1. The molecule has 2 aromatic carbocycles. The summed E-state index contributed by atoms with van der Waals surface area (Å²) in [7, 11) is 0. The van der Waals surface area contributed by atoms with E-state index in [4.69, 9.17) is 39.5 Å². The third-order valence-corrected chi connectivity index (χ3v) is 4.40. The highest BCUT2D eigenvalue weighted by Crippen LogP contribution is 2.33. The van der Waals surface area contributed by atoms with E-state index in [0.29, 0.717) is 0 Å². The van der Waals surface area contributed by atoms with E-state index >= 15 is 4.39 Å². The number of carbonyl (C=O) groups excluding carboxylic acids is 2. The van der Waals surface area contributed by atoms with E-state index in [1.165, 1.54) is 12.1 Å². The number of nitrogens with zero attached hydrogens (tertiary/aromatic N) is 1. The van der Waals surface area contributed by atoms with Crippen molar-refractivity contribution in [1.82, 2.24) is 4.98 Å². The predicted molar refractivity (Wildman–Crippen MR) is 101 cm³/mol. The van der Waals surface area contributed by atoms with Gasteiger partial charge in [-0.2, -0.15) is 0 Å².